The van der Waals surface area contributed by atoms with Crippen molar-refractivity contribution in [2.45, 2.75) is 51.9 Å². The molecule has 3 heterocycles. The fourth-order valence-corrected chi connectivity index (χ4v) is 5.63. The van der Waals surface area contributed by atoms with Crippen molar-refractivity contribution in [2.24, 2.45) is 0 Å². The molecule has 8 heteroatoms. The van der Waals surface area contributed by atoms with Crippen molar-refractivity contribution >= 4 is 39.2 Å². The van der Waals surface area contributed by atoms with Crippen molar-refractivity contribution in [1.82, 2.24) is 19.9 Å². The van der Waals surface area contributed by atoms with E-state index in [1.807, 2.05) is 39.0 Å². The van der Waals surface area contributed by atoms with E-state index in [4.69, 9.17) is 4.98 Å². The summed E-state index contributed by atoms with van der Waals surface area (Å²) in [5, 5.41) is 4.23. The van der Waals surface area contributed by atoms with Gasteiger partial charge in [0, 0.05) is 11.1 Å². The highest BCUT2D eigenvalue weighted by Gasteiger charge is 2.19. The number of hydrogen-bond acceptors (Lipinski definition) is 6. The minimum absolute atomic E-state index is 0.0928. The van der Waals surface area contributed by atoms with Gasteiger partial charge >= 0.3 is 0 Å². The Hall–Kier alpha value is -2.97. The van der Waals surface area contributed by atoms with E-state index in [2.05, 4.69) is 41.5 Å². The number of hydrogen-bond donors (Lipinski definition) is 1. The molecular weight excluding hydrogens is 464 g/mol. The highest BCUT2D eigenvalue weighted by molar-refractivity contribution is 7.99. The number of aromatic nitrogens is 3. The third-order valence-corrected chi connectivity index (χ3v) is 7.98. The van der Waals surface area contributed by atoms with Crippen LogP contribution in [-0.2, 0) is 17.8 Å². The summed E-state index contributed by atoms with van der Waals surface area (Å²) >= 11 is 2.79. The van der Waals surface area contributed by atoms with E-state index in [9.17, 15) is 9.59 Å². The average molecular weight is 493 g/mol. The van der Waals surface area contributed by atoms with E-state index < -0.39 is 0 Å². The van der Waals surface area contributed by atoms with Gasteiger partial charge in [0.15, 0.2) is 5.16 Å². The van der Waals surface area contributed by atoms with E-state index in [0.29, 0.717) is 21.9 Å². The smallest absolute Gasteiger partial charge is 0.263 e. The van der Waals surface area contributed by atoms with Crippen LogP contribution in [0, 0.1) is 13.8 Å². The molecule has 0 radical (unpaired) electrons. The quantitative estimate of drug-likeness (QED) is 0.275. The summed E-state index contributed by atoms with van der Waals surface area (Å²) in [4.78, 5) is 37.1. The molecule has 1 N–H and O–H groups in total. The molecule has 1 amide bonds. The minimum atomic E-state index is -0.104. The molecule has 0 aliphatic carbocycles. The maximum absolute atomic E-state index is 13.4. The topological polar surface area (TPSA) is 76.9 Å². The van der Waals surface area contributed by atoms with E-state index in [0.717, 1.165) is 28.1 Å². The Morgan fingerprint density at radius 1 is 1.18 bits per heavy atom. The van der Waals surface area contributed by atoms with E-state index in [-0.39, 0.29) is 23.3 Å². The fraction of sp³-hybridized carbons (Fsp3) is 0.308. The molecule has 0 saturated carbocycles. The van der Waals surface area contributed by atoms with Crippen LogP contribution in [0.4, 0.5) is 0 Å². The summed E-state index contributed by atoms with van der Waals surface area (Å²) in [5.74, 6) is 0.0651. The monoisotopic (exact) mass is 492 g/mol. The van der Waals surface area contributed by atoms with Crippen LogP contribution in [0.25, 0.3) is 10.2 Å². The van der Waals surface area contributed by atoms with Gasteiger partial charge in [0.1, 0.15) is 4.83 Å². The van der Waals surface area contributed by atoms with E-state index in [1.54, 1.807) is 10.8 Å². The number of nitrogens with zero attached hydrogens (tertiary/aromatic N) is 3. The number of pyridine rings is 1. The number of nitrogens with one attached hydrogen (secondary N) is 1. The molecule has 0 aliphatic heterocycles. The van der Waals surface area contributed by atoms with Gasteiger partial charge in [-0.3, -0.25) is 19.1 Å². The predicted molar refractivity (Wildman–Crippen MR) is 140 cm³/mol. The molecule has 176 valence electrons. The molecule has 4 rings (SSSR count). The Morgan fingerprint density at radius 3 is 2.62 bits per heavy atom. The zero-order valence-corrected chi connectivity index (χ0v) is 21.4. The molecule has 6 nitrogen and oxygen atoms in total. The standard InChI is InChI=1S/C26H28N4O2S2/c1-5-19-9-11-20(12-10-19)17(3)28-22(31)15-33-26-29-24-23(16(2)18(4)34-24)25(32)30(26)14-21-8-6-7-13-27-21/h6-13,17H,5,14-15H2,1-4H3,(H,28,31). The van der Waals surface area contributed by atoms with Gasteiger partial charge in [-0.25, -0.2) is 4.98 Å². The molecular formula is C26H28N4O2S2. The molecule has 1 unspecified atom stereocenters. The SMILES string of the molecule is CCc1ccc(C(C)NC(=O)CSc2nc3sc(C)c(C)c3c(=O)n2Cc2ccccn2)cc1. The van der Waals surface area contributed by atoms with Gasteiger partial charge in [0.2, 0.25) is 5.91 Å². The van der Waals surface area contributed by atoms with Gasteiger partial charge in [-0.05, 0) is 56.0 Å². The Kier molecular flexibility index (Phi) is 7.48. The fourth-order valence-electron chi connectivity index (χ4n) is 3.75. The Morgan fingerprint density at radius 2 is 1.94 bits per heavy atom. The number of aryl methyl sites for hydroxylation is 3. The Balaban J connectivity index is 1.55. The third-order valence-electron chi connectivity index (χ3n) is 5.90. The second-order valence-electron chi connectivity index (χ2n) is 8.24. The normalized spacial score (nSPS) is 12.1. The summed E-state index contributed by atoms with van der Waals surface area (Å²) in [6.45, 7) is 8.36. The number of thioether (sulfide) groups is 1. The number of thiophene rings is 1. The number of carbonyl (C=O) groups excluding carboxylic acids is 1. The number of fused-ring (bicyclic) bond motifs is 1. The molecule has 34 heavy (non-hydrogen) atoms. The van der Waals surface area contributed by atoms with E-state index in [1.165, 1.54) is 28.7 Å². The lowest BCUT2D eigenvalue weighted by atomic mass is 10.1. The molecule has 1 atom stereocenters. The number of rotatable bonds is 8. The third kappa shape index (κ3) is 5.23. The molecule has 4 aromatic rings. The highest BCUT2D eigenvalue weighted by Crippen LogP contribution is 2.28. The van der Waals surface area contributed by atoms with Gasteiger partial charge in [0.25, 0.3) is 5.56 Å². The summed E-state index contributed by atoms with van der Waals surface area (Å²) in [6, 6.07) is 13.8. The van der Waals surface area contributed by atoms with Crippen molar-refractivity contribution in [1.29, 1.82) is 0 Å². The van der Waals surface area contributed by atoms with Crippen LogP contribution in [-0.4, -0.2) is 26.2 Å². The van der Waals surface area contributed by atoms with Gasteiger partial charge in [-0.1, -0.05) is 49.0 Å². The first-order chi connectivity index (χ1) is 16.4. The maximum Gasteiger partial charge on any atom is 0.263 e. The van der Waals surface area contributed by atoms with Gasteiger partial charge in [-0.2, -0.15) is 0 Å². The van der Waals surface area contributed by atoms with E-state index >= 15 is 0 Å². The summed E-state index contributed by atoms with van der Waals surface area (Å²) in [6.07, 6.45) is 2.69. The first-order valence-electron chi connectivity index (χ1n) is 11.3. The van der Waals surface area contributed by atoms with Crippen molar-refractivity contribution in [3.05, 3.63) is 86.3 Å². The van der Waals surface area contributed by atoms with Crippen LogP contribution < -0.4 is 10.9 Å². The molecule has 3 aromatic heterocycles. The zero-order valence-electron chi connectivity index (χ0n) is 19.8. The number of benzene rings is 1. The van der Waals surface area contributed by atoms with Crippen LogP contribution in [0.3, 0.4) is 0 Å². The highest BCUT2D eigenvalue weighted by atomic mass is 32.2. The first kappa shape index (κ1) is 24.2. The van der Waals surface area contributed by atoms with Gasteiger partial charge < -0.3 is 5.32 Å². The number of carbonyl (C=O) groups is 1. The Labute approximate surface area is 207 Å². The van der Waals surface area contributed by atoms with Crippen LogP contribution >= 0.6 is 23.1 Å². The van der Waals surface area contributed by atoms with Crippen molar-refractivity contribution in [3.8, 4) is 0 Å². The van der Waals surface area contributed by atoms with Gasteiger partial charge in [-0.15, -0.1) is 11.3 Å². The molecule has 0 bridgehead atoms. The van der Waals surface area contributed by atoms with Crippen LogP contribution in [0.2, 0.25) is 0 Å². The van der Waals surface area contributed by atoms with Crippen molar-refractivity contribution in [3.63, 3.8) is 0 Å². The summed E-state index contributed by atoms with van der Waals surface area (Å²) in [5.41, 5.74) is 3.97. The zero-order chi connectivity index (χ0) is 24.2. The molecule has 0 fully saturated rings. The Bertz CT molecular complexity index is 1360. The van der Waals surface area contributed by atoms with Crippen LogP contribution in [0.5, 0.6) is 0 Å². The van der Waals surface area contributed by atoms with Crippen molar-refractivity contribution in [2.75, 3.05) is 5.75 Å². The van der Waals surface area contributed by atoms with Crippen molar-refractivity contribution < 1.29 is 4.79 Å². The lowest BCUT2D eigenvalue weighted by Gasteiger charge is -2.15. The first-order valence-corrected chi connectivity index (χ1v) is 13.1. The lowest BCUT2D eigenvalue weighted by Crippen LogP contribution is -2.29. The number of amides is 1. The maximum atomic E-state index is 13.4. The largest absolute Gasteiger partial charge is 0.349 e. The van der Waals surface area contributed by atoms with Crippen LogP contribution in [0.15, 0.2) is 58.6 Å². The second-order valence-corrected chi connectivity index (χ2v) is 10.4. The molecule has 0 aliphatic rings. The summed E-state index contributed by atoms with van der Waals surface area (Å²) in [7, 11) is 0. The van der Waals surface area contributed by atoms with Crippen LogP contribution in [0.1, 0.15) is 47.2 Å². The average Bonchev–Trinajstić information content (AvgIpc) is 3.13. The van der Waals surface area contributed by atoms with Gasteiger partial charge in [0.05, 0.1) is 29.4 Å². The molecule has 1 aromatic carbocycles. The molecule has 0 spiro atoms. The second kappa shape index (κ2) is 10.5. The minimum Gasteiger partial charge on any atom is -0.349 e. The predicted octanol–water partition coefficient (Wildman–Crippen LogP) is 5.05. The summed E-state index contributed by atoms with van der Waals surface area (Å²) < 4.78 is 1.63. The lowest BCUT2D eigenvalue weighted by molar-refractivity contribution is -0.119. The molecule has 0 saturated heterocycles.